The molecule has 0 amide bonds. The lowest BCUT2D eigenvalue weighted by Gasteiger charge is -2.04. The number of allylic oxidation sites excluding steroid dienone is 7. The third-order valence-electron chi connectivity index (χ3n) is 2.16. The molecule has 1 aliphatic carbocycles. The van der Waals surface area contributed by atoms with E-state index in [1.54, 1.807) is 6.08 Å². The van der Waals surface area contributed by atoms with Crippen molar-refractivity contribution in [3.63, 3.8) is 0 Å². The Kier molecular flexibility index (Phi) is 2.34. The summed E-state index contributed by atoms with van der Waals surface area (Å²) >= 11 is 0. The minimum atomic E-state index is -4.33. The van der Waals surface area contributed by atoms with E-state index in [9.17, 15) is 13.2 Å². The van der Waals surface area contributed by atoms with Crippen LogP contribution in [0.25, 0.3) is 0 Å². The molecule has 15 heavy (non-hydrogen) atoms. The van der Waals surface area contributed by atoms with Crippen LogP contribution in [0.5, 0.6) is 0 Å². The number of hydrogen-bond donors (Lipinski definition) is 0. The van der Waals surface area contributed by atoms with Gasteiger partial charge >= 0.3 is 6.18 Å². The average Bonchev–Trinajstić information content (AvgIpc) is 2.38. The van der Waals surface area contributed by atoms with E-state index in [1.807, 2.05) is 12.2 Å². The van der Waals surface area contributed by atoms with Crippen molar-refractivity contribution in [2.75, 3.05) is 0 Å². The maximum Gasteiger partial charge on any atom is 0.417 e. The summed E-state index contributed by atoms with van der Waals surface area (Å²) in [4.78, 5) is 3.81. The predicted octanol–water partition coefficient (Wildman–Crippen LogP) is 3.33. The highest BCUT2D eigenvalue weighted by Crippen LogP contribution is 2.28. The quantitative estimate of drug-likeness (QED) is 0.582. The first-order valence-corrected chi connectivity index (χ1v) is 4.48. The average molecular weight is 211 g/mol. The molecule has 1 aliphatic heterocycles. The van der Waals surface area contributed by atoms with Crippen molar-refractivity contribution in [2.45, 2.75) is 12.6 Å². The lowest BCUT2D eigenvalue weighted by Crippen LogP contribution is -2.09. The van der Waals surface area contributed by atoms with Gasteiger partial charge in [0.2, 0.25) is 0 Å². The van der Waals surface area contributed by atoms with Crippen LogP contribution in [0.3, 0.4) is 0 Å². The topological polar surface area (TPSA) is 12.4 Å². The maximum absolute atomic E-state index is 12.4. The van der Waals surface area contributed by atoms with Gasteiger partial charge in [0.1, 0.15) is 0 Å². The Morgan fingerprint density at radius 2 is 1.93 bits per heavy atom. The molecule has 0 fully saturated rings. The first-order valence-electron chi connectivity index (χ1n) is 4.48. The lowest BCUT2D eigenvalue weighted by molar-refractivity contribution is -0.0883. The zero-order chi connectivity index (χ0) is 10.9. The fraction of sp³-hybridized carbons (Fsp3) is 0.182. The van der Waals surface area contributed by atoms with Gasteiger partial charge in [-0.1, -0.05) is 18.2 Å². The molecule has 1 nitrogen and oxygen atoms in total. The molecule has 4 heteroatoms. The first kappa shape index (κ1) is 9.96. The number of nitrogens with zero attached hydrogens (tertiary/aromatic N) is 1. The van der Waals surface area contributed by atoms with Crippen LogP contribution in [0.1, 0.15) is 6.42 Å². The Morgan fingerprint density at radius 1 is 1.13 bits per heavy atom. The van der Waals surface area contributed by atoms with Crippen LogP contribution in [-0.4, -0.2) is 11.9 Å². The van der Waals surface area contributed by atoms with Crippen LogP contribution in [0.15, 0.2) is 52.7 Å². The molecule has 0 unspecified atom stereocenters. The SMILES string of the molecule is FC(F)(F)C1=CN=C2C=CCC=C2C=C1. The molecule has 2 aliphatic rings. The molecule has 0 saturated carbocycles. The van der Waals surface area contributed by atoms with Gasteiger partial charge in [-0.3, -0.25) is 4.99 Å². The van der Waals surface area contributed by atoms with Gasteiger partial charge in [0.15, 0.2) is 0 Å². The van der Waals surface area contributed by atoms with E-state index in [4.69, 9.17) is 0 Å². The van der Waals surface area contributed by atoms with Crippen molar-refractivity contribution in [2.24, 2.45) is 4.99 Å². The van der Waals surface area contributed by atoms with Crippen LogP contribution in [0, 0.1) is 0 Å². The van der Waals surface area contributed by atoms with E-state index >= 15 is 0 Å². The Bertz CT molecular complexity index is 420. The number of halogens is 3. The third-order valence-corrected chi connectivity index (χ3v) is 2.16. The minimum Gasteiger partial charge on any atom is -0.256 e. The molecule has 0 radical (unpaired) electrons. The summed E-state index contributed by atoms with van der Waals surface area (Å²) in [6, 6.07) is 0. The summed E-state index contributed by atoms with van der Waals surface area (Å²) in [5, 5.41) is 0. The molecule has 2 rings (SSSR count). The molecule has 0 N–H and O–H groups in total. The second kappa shape index (κ2) is 3.53. The second-order valence-corrected chi connectivity index (χ2v) is 3.23. The number of hydrogen-bond acceptors (Lipinski definition) is 1. The van der Waals surface area contributed by atoms with E-state index in [1.165, 1.54) is 6.08 Å². The van der Waals surface area contributed by atoms with Gasteiger partial charge in [0, 0.05) is 6.20 Å². The van der Waals surface area contributed by atoms with Gasteiger partial charge in [-0.25, -0.2) is 0 Å². The van der Waals surface area contributed by atoms with E-state index in [0.717, 1.165) is 24.3 Å². The molecule has 0 atom stereocenters. The summed E-state index contributed by atoms with van der Waals surface area (Å²) in [6.07, 6.45) is 5.22. The molecule has 0 saturated heterocycles. The van der Waals surface area contributed by atoms with Crippen LogP contribution in [0.2, 0.25) is 0 Å². The molecule has 0 spiro atoms. The minimum absolute atomic E-state index is 0.580. The first-order chi connectivity index (χ1) is 7.07. The van der Waals surface area contributed by atoms with Gasteiger partial charge < -0.3 is 0 Å². The summed E-state index contributed by atoms with van der Waals surface area (Å²) < 4.78 is 37.1. The summed E-state index contributed by atoms with van der Waals surface area (Å²) in [5.41, 5.74) is 0.600. The van der Waals surface area contributed by atoms with Crippen LogP contribution >= 0.6 is 0 Å². The largest absolute Gasteiger partial charge is 0.417 e. The molecule has 1 heterocycles. The third kappa shape index (κ3) is 2.09. The highest BCUT2D eigenvalue weighted by Gasteiger charge is 2.32. The molecule has 78 valence electrons. The highest BCUT2D eigenvalue weighted by molar-refractivity contribution is 6.11. The zero-order valence-electron chi connectivity index (χ0n) is 7.75. The second-order valence-electron chi connectivity index (χ2n) is 3.23. The molecule has 0 aromatic carbocycles. The van der Waals surface area contributed by atoms with E-state index in [0.29, 0.717) is 5.71 Å². The Labute approximate surface area is 85.0 Å². The van der Waals surface area contributed by atoms with Crippen molar-refractivity contribution >= 4 is 5.71 Å². The van der Waals surface area contributed by atoms with E-state index in [-0.39, 0.29) is 0 Å². The maximum atomic E-state index is 12.4. The number of alkyl halides is 3. The molecular formula is C11H8F3N. The monoisotopic (exact) mass is 211 g/mol. The summed E-state index contributed by atoms with van der Waals surface area (Å²) in [5.74, 6) is 0. The van der Waals surface area contributed by atoms with Gasteiger partial charge in [-0.15, -0.1) is 0 Å². The van der Waals surface area contributed by atoms with Gasteiger partial charge in [0.05, 0.1) is 11.3 Å². The fourth-order valence-electron chi connectivity index (χ4n) is 1.38. The Balaban J connectivity index is 2.39. The van der Waals surface area contributed by atoms with Crippen molar-refractivity contribution in [1.29, 1.82) is 0 Å². The van der Waals surface area contributed by atoms with Crippen LogP contribution in [-0.2, 0) is 0 Å². The summed E-state index contributed by atoms with van der Waals surface area (Å²) in [7, 11) is 0. The van der Waals surface area contributed by atoms with Crippen LogP contribution < -0.4 is 0 Å². The lowest BCUT2D eigenvalue weighted by atomic mass is 10.0. The normalized spacial score (nSPS) is 20.1. The molecule has 0 aromatic heterocycles. The highest BCUT2D eigenvalue weighted by atomic mass is 19.4. The fourth-order valence-corrected chi connectivity index (χ4v) is 1.38. The van der Waals surface area contributed by atoms with E-state index in [2.05, 4.69) is 4.99 Å². The van der Waals surface area contributed by atoms with Gasteiger partial charge in [-0.2, -0.15) is 13.2 Å². The van der Waals surface area contributed by atoms with Crippen molar-refractivity contribution < 1.29 is 13.2 Å². The van der Waals surface area contributed by atoms with Crippen molar-refractivity contribution in [3.8, 4) is 0 Å². The molecule has 0 bridgehead atoms. The van der Waals surface area contributed by atoms with Gasteiger partial charge in [-0.05, 0) is 24.1 Å². The van der Waals surface area contributed by atoms with Crippen LogP contribution in [0.4, 0.5) is 13.2 Å². The smallest absolute Gasteiger partial charge is 0.256 e. The standard InChI is InChI=1S/C11H8F3N/c12-11(13,14)9-6-5-8-3-1-2-4-10(8)15-7-9/h2-7H,1H2. The predicted molar refractivity (Wildman–Crippen MR) is 52.6 cm³/mol. The Morgan fingerprint density at radius 3 is 2.67 bits per heavy atom. The number of fused-ring (bicyclic) bond motifs is 1. The molecular weight excluding hydrogens is 203 g/mol. The van der Waals surface area contributed by atoms with Crippen molar-refractivity contribution in [1.82, 2.24) is 0 Å². The summed E-state index contributed by atoms with van der Waals surface area (Å²) in [6.45, 7) is 0. The van der Waals surface area contributed by atoms with E-state index < -0.39 is 11.7 Å². The van der Waals surface area contributed by atoms with Gasteiger partial charge in [0.25, 0.3) is 0 Å². The number of rotatable bonds is 0. The van der Waals surface area contributed by atoms with Crippen molar-refractivity contribution in [3.05, 3.63) is 47.7 Å². The zero-order valence-corrected chi connectivity index (χ0v) is 7.75. The molecule has 0 aromatic rings. The number of aliphatic imine (C=N–C) groups is 1. The Hall–Kier alpha value is -1.58.